The van der Waals surface area contributed by atoms with Crippen LogP contribution in [0.15, 0.2) is 71.3 Å². The molecule has 0 unspecified atom stereocenters. The molecule has 3 aromatic rings. The lowest BCUT2D eigenvalue weighted by molar-refractivity contribution is -0.384. The van der Waals surface area contributed by atoms with Gasteiger partial charge in [0.15, 0.2) is 5.11 Å². The number of halogens is 1. The van der Waals surface area contributed by atoms with E-state index in [-0.39, 0.29) is 5.69 Å². The number of non-ortho nitro benzene ring substituents is 1. The van der Waals surface area contributed by atoms with Crippen LogP contribution in [0.5, 0.6) is 0 Å². The highest BCUT2D eigenvalue weighted by atomic mass is 79.9. The minimum atomic E-state index is -0.461. The molecule has 0 bridgehead atoms. The molecule has 138 valence electrons. The third kappa shape index (κ3) is 4.49. The Morgan fingerprint density at radius 1 is 1.14 bits per heavy atom. The number of benzene rings is 2. The molecule has 0 radical (unpaired) electrons. The minimum Gasteiger partial charge on any atom is -0.332 e. The number of hydrogen-bond acceptors (Lipinski definition) is 5. The molecule has 1 heterocycles. The second-order valence-corrected chi connectivity index (χ2v) is 6.87. The fourth-order valence-electron chi connectivity index (χ4n) is 2.38. The summed E-state index contributed by atoms with van der Waals surface area (Å²) in [5, 5.41) is 23.2. The van der Waals surface area contributed by atoms with E-state index in [1.807, 2.05) is 6.07 Å². The summed E-state index contributed by atoms with van der Waals surface area (Å²) < 4.78 is 0.824. The zero-order chi connectivity index (χ0) is 20.1. The van der Waals surface area contributed by atoms with Crippen LogP contribution in [-0.2, 0) is 0 Å². The lowest BCUT2D eigenvalue weighted by Gasteiger charge is -2.25. The second kappa shape index (κ2) is 8.56. The van der Waals surface area contributed by atoms with E-state index in [9.17, 15) is 10.1 Å². The van der Waals surface area contributed by atoms with E-state index in [1.165, 1.54) is 12.1 Å². The molecule has 1 aromatic heterocycles. The Balaban J connectivity index is 1.93. The maximum atomic E-state index is 10.8. The quantitative estimate of drug-likeness (QED) is 0.331. The van der Waals surface area contributed by atoms with Crippen molar-refractivity contribution >= 4 is 56.1 Å². The summed E-state index contributed by atoms with van der Waals surface area (Å²) in [7, 11) is 0. The zero-order valence-electron chi connectivity index (χ0n) is 14.2. The van der Waals surface area contributed by atoms with Gasteiger partial charge in [0.1, 0.15) is 5.82 Å². The van der Waals surface area contributed by atoms with Crippen LogP contribution in [0.2, 0.25) is 0 Å². The number of pyridine rings is 1. The molecule has 0 atom stereocenters. The van der Waals surface area contributed by atoms with Gasteiger partial charge in [-0.25, -0.2) is 4.98 Å². The Labute approximate surface area is 174 Å². The monoisotopic (exact) mass is 453 g/mol. The normalized spacial score (nSPS) is 10.0. The number of nitro benzene ring substituents is 1. The predicted octanol–water partition coefficient (Wildman–Crippen LogP) is 5.16. The maximum Gasteiger partial charge on any atom is 0.269 e. The molecule has 28 heavy (non-hydrogen) atoms. The van der Waals surface area contributed by atoms with Gasteiger partial charge < -0.3 is 5.32 Å². The second-order valence-electron chi connectivity index (χ2n) is 5.56. The van der Waals surface area contributed by atoms with Gasteiger partial charge in [-0.3, -0.25) is 15.0 Å². The largest absolute Gasteiger partial charge is 0.332 e. The highest BCUT2D eigenvalue weighted by Gasteiger charge is 2.17. The van der Waals surface area contributed by atoms with Crippen LogP contribution in [0.1, 0.15) is 5.56 Å². The molecule has 0 saturated carbocycles. The van der Waals surface area contributed by atoms with Gasteiger partial charge >= 0.3 is 0 Å². The van der Waals surface area contributed by atoms with Gasteiger partial charge in [-0.2, -0.15) is 5.26 Å². The average Bonchev–Trinajstić information content (AvgIpc) is 2.70. The summed E-state index contributed by atoms with van der Waals surface area (Å²) in [6.45, 7) is 0. The summed E-state index contributed by atoms with van der Waals surface area (Å²) in [5.41, 5.74) is 1.84. The number of nitro groups is 1. The van der Waals surface area contributed by atoms with Gasteiger partial charge in [0.05, 0.1) is 16.6 Å². The van der Waals surface area contributed by atoms with E-state index in [1.54, 1.807) is 53.6 Å². The first-order valence-electron chi connectivity index (χ1n) is 7.95. The van der Waals surface area contributed by atoms with Crippen molar-refractivity contribution < 1.29 is 4.92 Å². The number of nitriles is 1. The Bertz CT molecular complexity index is 1050. The molecule has 9 heteroatoms. The Morgan fingerprint density at radius 3 is 2.36 bits per heavy atom. The first-order valence-corrected chi connectivity index (χ1v) is 9.15. The van der Waals surface area contributed by atoms with Crippen molar-refractivity contribution in [3.63, 3.8) is 0 Å². The van der Waals surface area contributed by atoms with E-state index in [0.29, 0.717) is 27.9 Å². The van der Waals surface area contributed by atoms with E-state index in [0.717, 1.165) is 4.47 Å². The number of hydrogen-bond donors (Lipinski definition) is 1. The van der Waals surface area contributed by atoms with Crippen LogP contribution >= 0.6 is 28.1 Å². The first kappa shape index (κ1) is 19.4. The summed E-state index contributed by atoms with van der Waals surface area (Å²) in [6.07, 6.45) is 1.65. The van der Waals surface area contributed by atoms with Crippen LogP contribution in [-0.4, -0.2) is 15.0 Å². The van der Waals surface area contributed by atoms with Crippen molar-refractivity contribution in [1.82, 2.24) is 4.98 Å². The van der Waals surface area contributed by atoms with Gasteiger partial charge in [0, 0.05) is 34.2 Å². The molecule has 0 aliphatic heterocycles. The average molecular weight is 454 g/mol. The summed E-state index contributed by atoms with van der Waals surface area (Å²) in [6, 6.07) is 18.6. The third-order valence-corrected chi connectivity index (χ3v) is 4.48. The fraction of sp³-hybridized carbons (Fsp3) is 0. The van der Waals surface area contributed by atoms with Gasteiger partial charge in [-0.15, -0.1) is 0 Å². The number of anilines is 3. The molecule has 0 saturated heterocycles. The topological polar surface area (TPSA) is 95.1 Å². The van der Waals surface area contributed by atoms with Gasteiger partial charge in [-0.05, 0) is 76.7 Å². The highest BCUT2D eigenvalue weighted by molar-refractivity contribution is 9.10. The van der Waals surface area contributed by atoms with Crippen LogP contribution in [0.25, 0.3) is 0 Å². The molecule has 0 fully saturated rings. The summed E-state index contributed by atoms with van der Waals surface area (Å²) in [5.74, 6) is 0.576. The van der Waals surface area contributed by atoms with Crippen molar-refractivity contribution in [3.05, 3.63) is 87.0 Å². The molecule has 0 amide bonds. The van der Waals surface area contributed by atoms with E-state index >= 15 is 0 Å². The van der Waals surface area contributed by atoms with Gasteiger partial charge in [0.2, 0.25) is 0 Å². The van der Waals surface area contributed by atoms with E-state index < -0.39 is 4.92 Å². The van der Waals surface area contributed by atoms with Crippen molar-refractivity contribution in [2.24, 2.45) is 0 Å². The number of aromatic nitrogens is 1. The molecule has 0 spiro atoms. The molecular weight excluding hydrogens is 442 g/mol. The summed E-state index contributed by atoms with van der Waals surface area (Å²) >= 11 is 8.92. The minimum absolute atomic E-state index is 0.00464. The molecule has 1 N–H and O–H groups in total. The molecule has 2 aromatic carbocycles. The Morgan fingerprint density at radius 2 is 1.82 bits per heavy atom. The van der Waals surface area contributed by atoms with Crippen LogP contribution in [0.4, 0.5) is 22.9 Å². The van der Waals surface area contributed by atoms with E-state index in [2.05, 4.69) is 32.3 Å². The third-order valence-electron chi connectivity index (χ3n) is 3.73. The van der Waals surface area contributed by atoms with Crippen molar-refractivity contribution in [2.75, 3.05) is 10.2 Å². The summed E-state index contributed by atoms with van der Waals surface area (Å²) in [4.78, 5) is 16.5. The lowest BCUT2D eigenvalue weighted by Crippen LogP contribution is -2.31. The number of rotatable bonds is 4. The number of thiocarbonyl (C=S) groups is 1. The molecule has 0 aliphatic rings. The number of nitrogens with zero attached hydrogens (tertiary/aromatic N) is 4. The SMILES string of the molecule is N#Cc1ccc(N(C(=S)Nc2ccc([N+](=O)[O-])cc2)c2ccc(Br)cn2)cc1. The van der Waals surface area contributed by atoms with Gasteiger partial charge in [0.25, 0.3) is 5.69 Å². The Hall–Kier alpha value is -3.35. The zero-order valence-corrected chi connectivity index (χ0v) is 16.6. The molecule has 0 aliphatic carbocycles. The molecule has 7 nitrogen and oxygen atoms in total. The Kier molecular flexibility index (Phi) is 5.93. The molecule has 3 rings (SSSR count). The van der Waals surface area contributed by atoms with Crippen molar-refractivity contribution in [3.8, 4) is 6.07 Å². The standard InChI is InChI=1S/C19H12BrN5O2S/c20-14-3-10-18(22-12-14)24(16-6-1-13(11-21)2-7-16)19(28)23-15-4-8-17(9-5-15)25(26)27/h1-10,12H,(H,23,28). The van der Waals surface area contributed by atoms with Crippen LogP contribution in [0.3, 0.4) is 0 Å². The number of nitrogens with one attached hydrogen (secondary N) is 1. The highest BCUT2D eigenvalue weighted by Crippen LogP contribution is 2.27. The fourth-order valence-corrected chi connectivity index (χ4v) is 2.94. The van der Waals surface area contributed by atoms with Crippen molar-refractivity contribution in [2.45, 2.75) is 0 Å². The van der Waals surface area contributed by atoms with Crippen LogP contribution < -0.4 is 10.2 Å². The van der Waals surface area contributed by atoms with E-state index in [4.69, 9.17) is 17.5 Å². The van der Waals surface area contributed by atoms with Crippen molar-refractivity contribution in [1.29, 1.82) is 5.26 Å². The first-order chi connectivity index (χ1) is 13.5. The van der Waals surface area contributed by atoms with Crippen LogP contribution in [0, 0.1) is 21.4 Å². The predicted molar refractivity (Wildman–Crippen MR) is 115 cm³/mol. The molecular formula is C19H12BrN5O2S. The smallest absolute Gasteiger partial charge is 0.269 e. The van der Waals surface area contributed by atoms with Gasteiger partial charge in [-0.1, -0.05) is 0 Å². The maximum absolute atomic E-state index is 10.8. The lowest BCUT2D eigenvalue weighted by atomic mass is 10.2.